The summed E-state index contributed by atoms with van der Waals surface area (Å²) in [4.78, 5) is 0. The first kappa shape index (κ1) is 14.0. The number of nitrogen functional groups attached to an aromatic ring is 1. The van der Waals surface area contributed by atoms with E-state index in [9.17, 15) is 5.11 Å². The predicted octanol–water partition coefficient (Wildman–Crippen LogP) is 2.63. The highest BCUT2D eigenvalue weighted by molar-refractivity contribution is 5.60. The topological polar surface area (TPSA) is 67.5 Å². The van der Waals surface area contributed by atoms with Crippen molar-refractivity contribution in [2.24, 2.45) is 5.41 Å². The van der Waals surface area contributed by atoms with Gasteiger partial charge in [-0.25, -0.2) is 0 Å². The molecule has 0 aromatic heterocycles. The molecule has 4 nitrogen and oxygen atoms in total. The maximum absolute atomic E-state index is 9.76. The lowest BCUT2D eigenvalue weighted by Crippen LogP contribution is -2.56. The molecule has 19 heavy (non-hydrogen) atoms. The van der Waals surface area contributed by atoms with Crippen LogP contribution >= 0.6 is 0 Å². The van der Waals surface area contributed by atoms with E-state index in [1.807, 2.05) is 32.0 Å². The van der Waals surface area contributed by atoms with Gasteiger partial charge in [0.2, 0.25) is 0 Å². The number of aliphatic hydroxyl groups is 1. The first-order valence-electron chi connectivity index (χ1n) is 6.81. The molecule has 0 saturated heterocycles. The zero-order chi connectivity index (χ0) is 14.2. The van der Waals surface area contributed by atoms with Gasteiger partial charge in [0, 0.05) is 35.0 Å². The summed E-state index contributed by atoms with van der Waals surface area (Å²) in [6.45, 7) is 8.11. The van der Waals surface area contributed by atoms with Crippen molar-refractivity contribution in [3.63, 3.8) is 0 Å². The van der Waals surface area contributed by atoms with E-state index in [1.54, 1.807) is 0 Å². The summed E-state index contributed by atoms with van der Waals surface area (Å²) < 4.78 is 5.67. The van der Waals surface area contributed by atoms with Gasteiger partial charge in [-0.3, -0.25) is 0 Å². The van der Waals surface area contributed by atoms with Crippen molar-refractivity contribution in [2.75, 3.05) is 11.1 Å². The number of hydrogen-bond acceptors (Lipinski definition) is 4. The average molecular weight is 264 g/mol. The molecule has 2 atom stereocenters. The van der Waals surface area contributed by atoms with Gasteiger partial charge < -0.3 is 20.9 Å². The molecule has 1 aromatic carbocycles. The SMILES string of the molecule is CC(C)Oc1cc(N)cc(NC2CC(O)C2(C)C)c1. The first-order chi connectivity index (χ1) is 8.79. The van der Waals surface area contributed by atoms with Gasteiger partial charge >= 0.3 is 0 Å². The van der Waals surface area contributed by atoms with Gasteiger partial charge in [0.25, 0.3) is 0 Å². The number of benzene rings is 1. The van der Waals surface area contributed by atoms with Crippen LogP contribution in [0.15, 0.2) is 18.2 Å². The van der Waals surface area contributed by atoms with Crippen molar-refractivity contribution in [1.29, 1.82) is 0 Å². The number of hydrogen-bond donors (Lipinski definition) is 3. The Labute approximate surface area is 115 Å². The third-order valence-electron chi connectivity index (χ3n) is 3.86. The summed E-state index contributed by atoms with van der Waals surface area (Å²) in [5.74, 6) is 0.773. The second kappa shape index (κ2) is 4.93. The van der Waals surface area contributed by atoms with Gasteiger partial charge in [0.15, 0.2) is 0 Å². The fraction of sp³-hybridized carbons (Fsp3) is 0.600. The van der Waals surface area contributed by atoms with Gasteiger partial charge in [-0.15, -0.1) is 0 Å². The number of rotatable bonds is 4. The maximum Gasteiger partial charge on any atom is 0.123 e. The van der Waals surface area contributed by atoms with Crippen LogP contribution in [0.2, 0.25) is 0 Å². The molecular formula is C15H24N2O2. The van der Waals surface area contributed by atoms with Gasteiger partial charge in [-0.05, 0) is 26.3 Å². The van der Waals surface area contributed by atoms with Gasteiger partial charge in [0.1, 0.15) is 5.75 Å². The van der Waals surface area contributed by atoms with Crippen LogP contribution in [0.1, 0.15) is 34.1 Å². The molecule has 106 valence electrons. The van der Waals surface area contributed by atoms with Crippen LogP contribution in [0.5, 0.6) is 5.75 Å². The Bertz CT molecular complexity index is 457. The molecule has 2 rings (SSSR count). The zero-order valence-electron chi connectivity index (χ0n) is 12.1. The van der Waals surface area contributed by atoms with Crippen LogP contribution in [0.4, 0.5) is 11.4 Å². The Morgan fingerprint density at radius 1 is 1.37 bits per heavy atom. The molecule has 2 unspecified atom stereocenters. The lowest BCUT2D eigenvalue weighted by Gasteiger charge is -2.49. The monoisotopic (exact) mass is 264 g/mol. The van der Waals surface area contributed by atoms with Gasteiger partial charge in [-0.1, -0.05) is 13.8 Å². The molecule has 1 fully saturated rings. The van der Waals surface area contributed by atoms with Crippen LogP contribution < -0.4 is 15.8 Å². The smallest absolute Gasteiger partial charge is 0.123 e. The van der Waals surface area contributed by atoms with E-state index in [-0.39, 0.29) is 23.7 Å². The fourth-order valence-electron chi connectivity index (χ4n) is 2.39. The fourth-order valence-corrected chi connectivity index (χ4v) is 2.39. The van der Waals surface area contributed by atoms with Crippen LogP contribution in [0.25, 0.3) is 0 Å². The van der Waals surface area contributed by atoms with Crippen LogP contribution in [0.3, 0.4) is 0 Å². The maximum atomic E-state index is 9.76. The molecule has 0 spiro atoms. The zero-order valence-corrected chi connectivity index (χ0v) is 12.1. The summed E-state index contributed by atoms with van der Waals surface area (Å²) in [5.41, 5.74) is 7.41. The van der Waals surface area contributed by atoms with Gasteiger partial charge in [-0.2, -0.15) is 0 Å². The summed E-state index contributed by atoms with van der Waals surface area (Å²) in [7, 11) is 0. The average Bonchev–Trinajstić information content (AvgIpc) is 2.26. The van der Waals surface area contributed by atoms with Gasteiger partial charge in [0.05, 0.1) is 12.2 Å². The van der Waals surface area contributed by atoms with E-state index in [4.69, 9.17) is 10.5 Å². The molecule has 1 aliphatic rings. The third-order valence-corrected chi connectivity index (χ3v) is 3.86. The number of nitrogens with two attached hydrogens (primary N) is 1. The second-order valence-electron chi connectivity index (χ2n) is 6.23. The van der Waals surface area contributed by atoms with Crippen LogP contribution in [-0.4, -0.2) is 23.4 Å². The van der Waals surface area contributed by atoms with Crippen molar-refractivity contribution < 1.29 is 9.84 Å². The normalized spacial score (nSPS) is 24.9. The minimum absolute atomic E-state index is 0.107. The Morgan fingerprint density at radius 3 is 2.58 bits per heavy atom. The number of ether oxygens (including phenoxy) is 1. The predicted molar refractivity (Wildman–Crippen MR) is 78.4 cm³/mol. The van der Waals surface area contributed by atoms with E-state index < -0.39 is 0 Å². The van der Waals surface area contributed by atoms with E-state index in [0.29, 0.717) is 5.69 Å². The molecule has 0 bridgehead atoms. The molecule has 0 radical (unpaired) electrons. The highest BCUT2D eigenvalue weighted by atomic mass is 16.5. The molecule has 0 aliphatic heterocycles. The van der Waals surface area contributed by atoms with Crippen molar-refractivity contribution in [1.82, 2.24) is 0 Å². The van der Waals surface area contributed by atoms with Crippen LogP contribution in [-0.2, 0) is 0 Å². The largest absolute Gasteiger partial charge is 0.491 e. The lowest BCUT2D eigenvalue weighted by atomic mass is 9.64. The third kappa shape index (κ3) is 2.95. The summed E-state index contributed by atoms with van der Waals surface area (Å²) in [6, 6.07) is 5.94. The number of aliphatic hydroxyl groups excluding tert-OH is 1. The Morgan fingerprint density at radius 2 is 2.05 bits per heavy atom. The lowest BCUT2D eigenvalue weighted by molar-refractivity contribution is -0.0510. The van der Waals surface area contributed by atoms with Crippen molar-refractivity contribution in [3.8, 4) is 5.75 Å². The quantitative estimate of drug-likeness (QED) is 0.731. The standard InChI is InChI=1S/C15H24N2O2/c1-9(2)19-12-6-10(16)5-11(7-12)17-13-8-14(18)15(13,3)4/h5-7,9,13-14,17-18H,8,16H2,1-4H3. The Kier molecular flexibility index (Phi) is 3.63. The molecule has 4 N–H and O–H groups in total. The molecule has 1 aromatic rings. The number of nitrogens with one attached hydrogen (secondary N) is 1. The molecule has 1 saturated carbocycles. The summed E-state index contributed by atoms with van der Waals surface area (Å²) >= 11 is 0. The Balaban J connectivity index is 2.10. The van der Waals surface area contributed by atoms with E-state index >= 15 is 0 Å². The highest BCUT2D eigenvalue weighted by Crippen LogP contribution is 2.42. The molecule has 0 heterocycles. The molecule has 4 heteroatoms. The van der Waals surface area contributed by atoms with Crippen molar-refractivity contribution in [3.05, 3.63) is 18.2 Å². The summed E-state index contributed by atoms with van der Waals surface area (Å²) in [5, 5.41) is 13.2. The van der Waals surface area contributed by atoms with Crippen molar-refractivity contribution >= 4 is 11.4 Å². The van der Waals surface area contributed by atoms with E-state index in [0.717, 1.165) is 17.9 Å². The minimum atomic E-state index is -0.238. The molecule has 1 aliphatic carbocycles. The summed E-state index contributed by atoms with van der Waals surface area (Å²) in [6.07, 6.45) is 0.649. The van der Waals surface area contributed by atoms with E-state index in [2.05, 4.69) is 19.2 Å². The first-order valence-corrected chi connectivity index (χ1v) is 6.81. The Hall–Kier alpha value is -1.42. The second-order valence-corrected chi connectivity index (χ2v) is 6.23. The number of anilines is 2. The minimum Gasteiger partial charge on any atom is -0.491 e. The van der Waals surface area contributed by atoms with E-state index in [1.165, 1.54) is 0 Å². The molecular weight excluding hydrogens is 240 g/mol. The van der Waals surface area contributed by atoms with Crippen LogP contribution in [0, 0.1) is 5.41 Å². The molecule has 0 amide bonds. The highest BCUT2D eigenvalue weighted by Gasteiger charge is 2.47. The van der Waals surface area contributed by atoms with Crippen molar-refractivity contribution in [2.45, 2.75) is 52.4 Å².